The lowest BCUT2D eigenvalue weighted by atomic mass is 10.1. The van der Waals surface area contributed by atoms with Gasteiger partial charge >= 0.3 is 5.97 Å². The highest BCUT2D eigenvalue weighted by molar-refractivity contribution is 5.89. The second-order valence-corrected chi connectivity index (χ2v) is 6.02. The number of carbonyl (C=O) groups excluding carboxylic acids is 1. The van der Waals surface area contributed by atoms with Gasteiger partial charge in [0.25, 0.3) is 0 Å². The molecular formula is C19H30O4. The molecule has 0 bridgehead atoms. The molecule has 2 N–H and O–H groups in total. The van der Waals surface area contributed by atoms with Crippen molar-refractivity contribution in [2.45, 2.75) is 77.4 Å². The number of rotatable bonds is 12. The highest BCUT2D eigenvalue weighted by atomic mass is 16.6. The van der Waals surface area contributed by atoms with Crippen LogP contribution in [-0.2, 0) is 4.74 Å². The van der Waals surface area contributed by atoms with Crippen LogP contribution in [0.3, 0.4) is 0 Å². The normalized spacial score (nSPS) is 12.1. The maximum Gasteiger partial charge on any atom is 0.340 e. The topological polar surface area (TPSA) is 66.8 Å². The van der Waals surface area contributed by atoms with Crippen LogP contribution in [0.25, 0.3) is 0 Å². The van der Waals surface area contributed by atoms with Gasteiger partial charge in [0.2, 0.25) is 6.29 Å². The number of aromatic hydroxyl groups is 1. The first-order valence-corrected chi connectivity index (χ1v) is 8.81. The zero-order chi connectivity index (χ0) is 16.9. The van der Waals surface area contributed by atoms with Crippen LogP contribution in [0.15, 0.2) is 24.3 Å². The van der Waals surface area contributed by atoms with Gasteiger partial charge in [0, 0.05) is 6.42 Å². The van der Waals surface area contributed by atoms with Gasteiger partial charge in [0.1, 0.15) is 5.75 Å². The third kappa shape index (κ3) is 9.24. The van der Waals surface area contributed by atoms with Crippen molar-refractivity contribution in [3.8, 4) is 5.75 Å². The van der Waals surface area contributed by atoms with Gasteiger partial charge in [-0.15, -0.1) is 0 Å². The van der Waals surface area contributed by atoms with Gasteiger partial charge in [0.05, 0.1) is 5.56 Å². The number of aliphatic hydroxyl groups is 1. The highest BCUT2D eigenvalue weighted by Crippen LogP contribution is 2.14. The summed E-state index contributed by atoms with van der Waals surface area (Å²) < 4.78 is 4.98. The molecule has 0 amide bonds. The molecule has 1 unspecified atom stereocenters. The Morgan fingerprint density at radius 3 is 2.04 bits per heavy atom. The van der Waals surface area contributed by atoms with Gasteiger partial charge in [-0.25, -0.2) is 4.79 Å². The van der Waals surface area contributed by atoms with E-state index in [2.05, 4.69) is 6.92 Å². The van der Waals surface area contributed by atoms with E-state index in [0.717, 1.165) is 12.8 Å². The Labute approximate surface area is 139 Å². The fourth-order valence-electron chi connectivity index (χ4n) is 2.48. The number of carbonyl (C=O) groups is 1. The van der Waals surface area contributed by atoms with E-state index in [1.807, 2.05) is 0 Å². The molecule has 4 nitrogen and oxygen atoms in total. The minimum Gasteiger partial charge on any atom is -0.508 e. The first kappa shape index (κ1) is 19.5. The third-order valence-electron chi connectivity index (χ3n) is 3.90. The SMILES string of the molecule is CCCCCCCCCCCC(O)OC(=O)c1ccc(O)cc1. The number of hydrogen-bond donors (Lipinski definition) is 2. The van der Waals surface area contributed by atoms with Gasteiger partial charge in [-0.3, -0.25) is 0 Å². The maximum absolute atomic E-state index is 11.8. The fourth-order valence-corrected chi connectivity index (χ4v) is 2.48. The quantitative estimate of drug-likeness (QED) is 0.330. The van der Waals surface area contributed by atoms with Crippen LogP contribution in [0.1, 0.15) is 81.5 Å². The second-order valence-electron chi connectivity index (χ2n) is 6.02. The Hall–Kier alpha value is -1.55. The molecule has 130 valence electrons. The minimum absolute atomic E-state index is 0.0943. The predicted molar refractivity (Wildman–Crippen MR) is 91.4 cm³/mol. The molecule has 0 saturated carbocycles. The molecule has 0 radical (unpaired) electrons. The molecule has 23 heavy (non-hydrogen) atoms. The van der Waals surface area contributed by atoms with E-state index < -0.39 is 12.3 Å². The van der Waals surface area contributed by atoms with Crippen LogP contribution in [0.2, 0.25) is 0 Å². The van der Waals surface area contributed by atoms with Crippen molar-refractivity contribution >= 4 is 5.97 Å². The molecule has 0 saturated heterocycles. The van der Waals surface area contributed by atoms with E-state index in [-0.39, 0.29) is 5.75 Å². The van der Waals surface area contributed by atoms with Gasteiger partial charge in [-0.1, -0.05) is 58.3 Å². The summed E-state index contributed by atoms with van der Waals surface area (Å²) in [5.41, 5.74) is 0.328. The van der Waals surface area contributed by atoms with Crippen molar-refractivity contribution in [3.63, 3.8) is 0 Å². The molecule has 4 heteroatoms. The highest BCUT2D eigenvalue weighted by Gasteiger charge is 2.12. The number of benzene rings is 1. The molecule has 0 aliphatic carbocycles. The van der Waals surface area contributed by atoms with E-state index in [1.165, 1.54) is 69.2 Å². The summed E-state index contributed by atoms with van der Waals surface area (Å²) in [6, 6.07) is 5.79. The van der Waals surface area contributed by atoms with Crippen LogP contribution in [0.4, 0.5) is 0 Å². The van der Waals surface area contributed by atoms with Crippen LogP contribution in [0.5, 0.6) is 5.75 Å². The lowest BCUT2D eigenvalue weighted by Crippen LogP contribution is -2.17. The molecule has 1 aromatic rings. The number of hydrogen-bond acceptors (Lipinski definition) is 4. The number of aliphatic hydroxyl groups excluding tert-OH is 1. The summed E-state index contributed by atoms with van der Waals surface area (Å²) >= 11 is 0. The number of phenols is 1. The smallest absolute Gasteiger partial charge is 0.340 e. The zero-order valence-electron chi connectivity index (χ0n) is 14.2. The summed E-state index contributed by atoms with van der Waals surface area (Å²) in [6.07, 6.45) is 10.3. The van der Waals surface area contributed by atoms with Crippen LogP contribution >= 0.6 is 0 Å². The van der Waals surface area contributed by atoms with Crippen molar-refractivity contribution in [2.24, 2.45) is 0 Å². The monoisotopic (exact) mass is 322 g/mol. The third-order valence-corrected chi connectivity index (χ3v) is 3.90. The minimum atomic E-state index is -1.05. The average molecular weight is 322 g/mol. The number of phenolic OH excluding ortho intramolecular Hbond substituents is 1. The first-order valence-electron chi connectivity index (χ1n) is 8.81. The lowest BCUT2D eigenvalue weighted by molar-refractivity contribution is -0.0694. The molecule has 0 spiro atoms. The van der Waals surface area contributed by atoms with Crippen molar-refractivity contribution in [2.75, 3.05) is 0 Å². The van der Waals surface area contributed by atoms with Crippen LogP contribution in [0, 0.1) is 0 Å². The van der Waals surface area contributed by atoms with Gasteiger partial charge < -0.3 is 14.9 Å². The molecule has 1 aromatic carbocycles. The predicted octanol–water partition coefficient (Wildman–Crippen LogP) is 4.79. The summed E-state index contributed by atoms with van der Waals surface area (Å²) in [5, 5.41) is 18.9. The summed E-state index contributed by atoms with van der Waals surface area (Å²) in [4.78, 5) is 11.8. The Morgan fingerprint density at radius 1 is 0.957 bits per heavy atom. The molecule has 0 aromatic heterocycles. The van der Waals surface area contributed by atoms with Crippen molar-refractivity contribution in [3.05, 3.63) is 29.8 Å². The Morgan fingerprint density at radius 2 is 1.48 bits per heavy atom. The number of esters is 1. The molecule has 0 aliphatic rings. The maximum atomic E-state index is 11.8. The van der Waals surface area contributed by atoms with Crippen LogP contribution in [-0.4, -0.2) is 22.5 Å². The largest absolute Gasteiger partial charge is 0.508 e. The molecule has 1 rings (SSSR count). The van der Waals surface area contributed by atoms with Crippen molar-refractivity contribution in [1.82, 2.24) is 0 Å². The number of ether oxygens (including phenoxy) is 1. The summed E-state index contributed by atoms with van der Waals surface area (Å²) in [5.74, 6) is -0.467. The van der Waals surface area contributed by atoms with E-state index in [1.54, 1.807) is 0 Å². The van der Waals surface area contributed by atoms with Crippen molar-refractivity contribution < 1.29 is 19.7 Å². The molecule has 0 fully saturated rings. The molecule has 0 heterocycles. The average Bonchev–Trinajstić information content (AvgIpc) is 2.54. The van der Waals surface area contributed by atoms with E-state index >= 15 is 0 Å². The van der Waals surface area contributed by atoms with Crippen LogP contribution < -0.4 is 0 Å². The Kier molecular flexibility index (Phi) is 10.1. The Balaban J connectivity index is 2.04. The molecule has 1 atom stereocenters. The Bertz CT molecular complexity index is 428. The number of unbranched alkanes of at least 4 members (excludes halogenated alkanes) is 8. The second kappa shape index (κ2) is 11.9. The van der Waals surface area contributed by atoms with Gasteiger partial charge in [-0.05, 0) is 30.7 Å². The summed E-state index contributed by atoms with van der Waals surface area (Å²) in [6.45, 7) is 2.22. The van der Waals surface area contributed by atoms with Gasteiger partial charge in [0.15, 0.2) is 0 Å². The summed E-state index contributed by atoms with van der Waals surface area (Å²) in [7, 11) is 0. The lowest BCUT2D eigenvalue weighted by Gasteiger charge is -2.12. The van der Waals surface area contributed by atoms with E-state index in [4.69, 9.17) is 9.84 Å². The first-order chi connectivity index (χ1) is 11.1. The fraction of sp³-hybridized carbons (Fsp3) is 0.632. The van der Waals surface area contributed by atoms with E-state index in [0.29, 0.717) is 12.0 Å². The van der Waals surface area contributed by atoms with E-state index in [9.17, 15) is 9.90 Å². The molecular weight excluding hydrogens is 292 g/mol. The zero-order valence-corrected chi connectivity index (χ0v) is 14.2. The standard InChI is InChI=1S/C19H30O4/c1-2-3-4-5-6-7-8-9-10-11-18(21)23-19(22)16-12-14-17(20)15-13-16/h12-15,18,20-21H,2-11H2,1H3. The van der Waals surface area contributed by atoms with Gasteiger partial charge in [-0.2, -0.15) is 0 Å². The molecule has 0 aliphatic heterocycles. The van der Waals surface area contributed by atoms with Crippen molar-refractivity contribution in [1.29, 1.82) is 0 Å².